The van der Waals surface area contributed by atoms with Gasteiger partial charge in [0.25, 0.3) is 0 Å². The molecule has 1 fully saturated rings. The highest BCUT2D eigenvalue weighted by atomic mass is 32.2. The van der Waals surface area contributed by atoms with Gasteiger partial charge in [-0.15, -0.1) is 0 Å². The van der Waals surface area contributed by atoms with E-state index >= 15 is 0 Å². The molecule has 0 spiro atoms. The van der Waals surface area contributed by atoms with E-state index in [2.05, 4.69) is 10.0 Å². The first-order valence-electron chi connectivity index (χ1n) is 6.20. The van der Waals surface area contributed by atoms with E-state index in [-0.39, 0.29) is 18.0 Å². The maximum Gasteiger partial charge on any atom is 0.240 e. The molecular weight excluding hydrogens is 290 g/mol. The number of piperidine rings is 1. The zero-order valence-electron chi connectivity index (χ0n) is 10.7. The van der Waals surface area contributed by atoms with Gasteiger partial charge >= 0.3 is 0 Å². The largest absolute Gasteiger partial charge is 0.387 e. The highest BCUT2D eigenvalue weighted by molar-refractivity contribution is 7.89. The Morgan fingerprint density at radius 3 is 2.70 bits per heavy atom. The van der Waals surface area contributed by atoms with Crippen LogP contribution in [0.4, 0.5) is 8.78 Å². The van der Waals surface area contributed by atoms with Gasteiger partial charge in [-0.3, -0.25) is 0 Å². The third-order valence-corrected chi connectivity index (χ3v) is 4.64. The first-order valence-corrected chi connectivity index (χ1v) is 7.69. The summed E-state index contributed by atoms with van der Waals surface area (Å²) in [7, 11) is -3.98. The molecule has 1 aromatic carbocycles. The fraction of sp³-hybridized carbons (Fsp3) is 0.500. The number of benzene rings is 1. The highest BCUT2D eigenvalue weighted by Crippen LogP contribution is 2.17. The van der Waals surface area contributed by atoms with Crippen molar-refractivity contribution >= 4 is 10.0 Å². The summed E-state index contributed by atoms with van der Waals surface area (Å²) < 4.78 is 52.0. The number of rotatable bonds is 4. The molecule has 1 saturated heterocycles. The molecule has 0 bridgehead atoms. The van der Waals surface area contributed by atoms with Crippen LogP contribution in [-0.4, -0.2) is 38.8 Å². The Morgan fingerprint density at radius 1 is 1.35 bits per heavy atom. The summed E-state index contributed by atoms with van der Waals surface area (Å²) in [4.78, 5) is -0.372. The van der Waals surface area contributed by atoms with Gasteiger partial charge in [-0.1, -0.05) is 0 Å². The number of β-amino-alcohol motifs (C(OH)–C–C–N with tert-alkyl or cyclic N) is 1. The van der Waals surface area contributed by atoms with Crippen molar-refractivity contribution in [1.29, 1.82) is 0 Å². The average Bonchev–Trinajstić information content (AvgIpc) is 2.41. The van der Waals surface area contributed by atoms with Crippen molar-refractivity contribution in [3.8, 4) is 0 Å². The molecule has 1 heterocycles. The molecule has 8 heteroatoms. The van der Waals surface area contributed by atoms with Crippen LogP contribution in [0.5, 0.6) is 0 Å². The molecule has 1 aliphatic heterocycles. The summed E-state index contributed by atoms with van der Waals surface area (Å²) in [5.41, 5.74) is -1.16. The van der Waals surface area contributed by atoms with Gasteiger partial charge < -0.3 is 10.4 Å². The van der Waals surface area contributed by atoms with Crippen molar-refractivity contribution in [3.05, 3.63) is 29.8 Å². The number of hydrogen-bond donors (Lipinski definition) is 3. The zero-order chi connectivity index (χ0) is 14.8. The van der Waals surface area contributed by atoms with Crippen LogP contribution in [-0.2, 0) is 10.0 Å². The van der Waals surface area contributed by atoms with Crippen LogP contribution < -0.4 is 10.0 Å². The highest BCUT2D eigenvalue weighted by Gasteiger charge is 2.31. The Hall–Kier alpha value is -1.09. The molecule has 1 aliphatic rings. The lowest BCUT2D eigenvalue weighted by molar-refractivity contribution is 0.0218. The third kappa shape index (κ3) is 3.51. The van der Waals surface area contributed by atoms with Gasteiger partial charge in [0.1, 0.15) is 0 Å². The minimum atomic E-state index is -3.98. The molecule has 0 amide bonds. The van der Waals surface area contributed by atoms with Crippen molar-refractivity contribution in [1.82, 2.24) is 10.0 Å². The van der Waals surface area contributed by atoms with Gasteiger partial charge in [-0.05, 0) is 37.6 Å². The molecule has 0 aliphatic carbocycles. The second-order valence-electron chi connectivity index (χ2n) is 4.91. The van der Waals surface area contributed by atoms with Crippen molar-refractivity contribution in [2.75, 3.05) is 19.6 Å². The number of aliphatic hydroxyl groups is 1. The van der Waals surface area contributed by atoms with Gasteiger partial charge in [0.2, 0.25) is 10.0 Å². The fourth-order valence-corrected chi connectivity index (χ4v) is 3.19. The Bertz CT molecular complexity index is 586. The van der Waals surface area contributed by atoms with Crippen molar-refractivity contribution < 1.29 is 22.3 Å². The molecule has 0 saturated carbocycles. The second-order valence-corrected chi connectivity index (χ2v) is 6.67. The molecule has 1 unspecified atom stereocenters. The molecule has 1 atom stereocenters. The topological polar surface area (TPSA) is 78.4 Å². The van der Waals surface area contributed by atoms with Crippen molar-refractivity contribution in [2.45, 2.75) is 23.3 Å². The molecular formula is C12H16F2N2O3S. The van der Waals surface area contributed by atoms with E-state index < -0.39 is 27.3 Å². The first-order chi connectivity index (χ1) is 9.32. The van der Waals surface area contributed by atoms with E-state index in [0.717, 1.165) is 25.1 Å². The summed E-state index contributed by atoms with van der Waals surface area (Å²) in [6.45, 7) is 0.882. The lowest BCUT2D eigenvalue weighted by atomic mass is 9.95. The standard InChI is InChI=1S/C12H16F2N2O3S/c13-10-3-2-9(6-11(10)14)20(18,19)16-8-12(17)4-1-5-15-7-12/h2-3,6,15-17H,1,4-5,7-8H2. The van der Waals surface area contributed by atoms with Crippen LogP contribution in [0.15, 0.2) is 23.1 Å². The van der Waals surface area contributed by atoms with E-state index in [1.807, 2.05) is 0 Å². The first kappa shape index (κ1) is 15.3. The maximum absolute atomic E-state index is 13.1. The molecule has 1 aromatic rings. The van der Waals surface area contributed by atoms with Crippen LogP contribution in [0.3, 0.4) is 0 Å². The number of hydrogen-bond acceptors (Lipinski definition) is 4. The average molecular weight is 306 g/mol. The SMILES string of the molecule is O=S(=O)(NCC1(O)CCCNC1)c1ccc(F)c(F)c1. The summed E-state index contributed by atoms with van der Waals surface area (Å²) in [5.74, 6) is -2.34. The molecule has 3 N–H and O–H groups in total. The second kappa shape index (κ2) is 5.72. The Kier molecular flexibility index (Phi) is 4.38. The molecule has 2 rings (SSSR count). The van der Waals surface area contributed by atoms with Gasteiger partial charge in [0.15, 0.2) is 11.6 Å². The molecule has 5 nitrogen and oxygen atoms in total. The summed E-state index contributed by atoms with van der Waals surface area (Å²) >= 11 is 0. The number of sulfonamides is 1. The van der Waals surface area contributed by atoms with E-state index in [1.165, 1.54) is 0 Å². The Morgan fingerprint density at radius 2 is 2.10 bits per heavy atom. The predicted octanol–water partition coefficient (Wildman–Crippen LogP) is 0.358. The van der Waals surface area contributed by atoms with Crippen LogP contribution in [0.1, 0.15) is 12.8 Å². The quantitative estimate of drug-likeness (QED) is 0.750. The van der Waals surface area contributed by atoms with Gasteiger partial charge in [0, 0.05) is 13.1 Å². The third-order valence-electron chi connectivity index (χ3n) is 3.24. The minimum Gasteiger partial charge on any atom is -0.387 e. The smallest absolute Gasteiger partial charge is 0.240 e. The number of nitrogens with one attached hydrogen (secondary N) is 2. The van der Waals surface area contributed by atoms with Gasteiger partial charge in [-0.2, -0.15) is 0 Å². The molecule has 0 radical (unpaired) electrons. The lowest BCUT2D eigenvalue weighted by Crippen LogP contribution is -2.52. The minimum absolute atomic E-state index is 0.179. The van der Waals surface area contributed by atoms with Crippen LogP contribution in [0.2, 0.25) is 0 Å². The molecule has 20 heavy (non-hydrogen) atoms. The normalized spacial score (nSPS) is 23.8. The van der Waals surface area contributed by atoms with Crippen LogP contribution >= 0.6 is 0 Å². The van der Waals surface area contributed by atoms with Crippen molar-refractivity contribution in [3.63, 3.8) is 0 Å². The summed E-state index contributed by atoms with van der Waals surface area (Å²) in [6.07, 6.45) is 1.21. The fourth-order valence-electron chi connectivity index (χ4n) is 2.06. The van der Waals surface area contributed by atoms with Crippen molar-refractivity contribution in [2.24, 2.45) is 0 Å². The summed E-state index contributed by atoms with van der Waals surface area (Å²) in [6, 6.07) is 2.34. The Labute approximate surface area is 116 Å². The van der Waals surface area contributed by atoms with Crippen LogP contribution in [0.25, 0.3) is 0 Å². The predicted molar refractivity (Wildman–Crippen MR) is 68.6 cm³/mol. The Balaban J connectivity index is 2.09. The van der Waals surface area contributed by atoms with Gasteiger partial charge in [-0.25, -0.2) is 21.9 Å². The maximum atomic E-state index is 13.1. The number of halogens is 2. The lowest BCUT2D eigenvalue weighted by Gasteiger charge is -2.32. The summed E-state index contributed by atoms with van der Waals surface area (Å²) in [5, 5.41) is 13.1. The van der Waals surface area contributed by atoms with E-state index in [1.54, 1.807) is 0 Å². The molecule has 0 aromatic heterocycles. The van der Waals surface area contributed by atoms with E-state index in [4.69, 9.17) is 0 Å². The van der Waals surface area contributed by atoms with E-state index in [0.29, 0.717) is 12.5 Å². The monoisotopic (exact) mass is 306 g/mol. The van der Waals surface area contributed by atoms with E-state index in [9.17, 15) is 22.3 Å². The van der Waals surface area contributed by atoms with Crippen LogP contribution in [0, 0.1) is 11.6 Å². The zero-order valence-corrected chi connectivity index (χ0v) is 11.5. The van der Waals surface area contributed by atoms with Gasteiger partial charge in [0.05, 0.1) is 10.5 Å². The molecule has 112 valence electrons.